The van der Waals surface area contributed by atoms with Gasteiger partial charge in [-0.3, -0.25) is 4.79 Å². The largest absolute Gasteiger partial charge is 0.343 e. The molecule has 0 aliphatic carbocycles. The second-order valence-corrected chi connectivity index (χ2v) is 2.64. The molecule has 0 aromatic heterocycles. The lowest BCUT2D eigenvalue weighted by Gasteiger charge is -2.12. The number of carbonyl (C=O) groups excluding carboxylic acids is 1. The van der Waals surface area contributed by atoms with E-state index in [4.69, 9.17) is 5.73 Å². The summed E-state index contributed by atoms with van der Waals surface area (Å²) in [6, 6.07) is 0. The van der Waals surface area contributed by atoms with Crippen LogP contribution in [0.4, 0.5) is 0 Å². The maximum atomic E-state index is 11.2. The molecule has 0 aromatic carbocycles. The van der Waals surface area contributed by atoms with E-state index in [1.165, 1.54) is 0 Å². The molecule has 1 aliphatic rings. The molecule has 3 heteroatoms. The Morgan fingerprint density at radius 1 is 1.80 bits per heavy atom. The quantitative estimate of drug-likeness (QED) is 0.581. The van der Waals surface area contributed by atoms with Gasteiger partial charge in [0.25, 0.3) is 0 Å². The number of hydrogen-bond donors (Lipinski definition) is 1. The molecule has 1 amide bonds. The Kier molecular flexibility index (Phi) is 2.27. The van der Waals surface area contributed by atoms with E-state index in [0.717, 1.165) is 19.5 Å². The number of rotatable bonds is 2. The summed E-state index contributed by atoms with van der Waals surface area (Å²) >= 11 is 0. The lowest BCUT2D eigenvalue weighted by Crippen LogP contribution is -2.29. The molecular formula is C7H14N2O. The van der Waals surface area contributed by atoms with Gasteiger partial charge >= 0.3 is 0 Å². The highest BCUT2D eigenvalue weighted by atomic mass is 16.2. The second-order valence-electron chi connectivity index (χ2n) is 2.64. The van der Waals surface area contributed by atoms with Crippen LogP contribution >= 0.6 is 0 Å². The van der Waals surface area contributed by atoms with E-state index in [2.05, 4.69) is 0 Å². The first kappa shape index (κ1) is 7.54. The minimum absolute atomic E-state index is 0.111. The molecule has 3 nitrogen and oxygen atoms in total. The van der Waals surface area contributed by atoms with Crippen LogP contribution in [0.15, 0.2) is 0 Å². The topological polar surface area (TPSA) is 46.3 Å². The number of nitrogens with zero attached hydrogens (tertiary/aromatic N) is 1. The van der Waals surface area contributed by atoms with Crippen LogP contribution in [0.2, 0.25) is 0 Å². The Labute approximate surface area is 61.2 Å². The van der Waals surface area contributed by atoms with Gasteiger partial charge in [-0.1, -0.05) is 0 Å². The number of likely N-dealkylation sites (tertiary alicyclic amines) is 1. The van der Waals surface area contributed by atoms with Crippen molar-refractivity contribution >= 4 is 5.91 Å². The molecule has 1 rings (SSSR count). The minimum Gasteiger partial charge on any atom is -0.343 e. The van der Waals surface area contributed by atoms with Crippen molar-refractivity contribution in [1.82, 2.24) is 4.90 Å². The first-order valence-corrected chi connectivity index (χ1v) is 3.78. The normalized spacial score (nSPS) is 26.0. The summed E-state index contributed by atoms with van der Waals surface area (Å²) < 4.78 is 0. The third kappa shape index (κ3) is 1.14. The second kappa shape index (κ2) is 3.01. The molecule has 0 aromatic rings. The van der Waals surface area contributed by atoms with E-state index < -0.39 is 0 Å². The van der Waals surface area contributed by atoms with Crippen LogP contribution in [0.1, 0.15) is 13.3 Å². The van der Waals surface area contributed by atoms with Gasteiger partial charge in [-0.2, -0.15) is 0 Å². The summed E-state index contributed by atoms with van der Waals surface area (Å²) in [6.45, 7) is 4.23. The van der Waals surface area contributed by atoms with Crippen molar-refractivity contribution in [1.29, 1.82) is 0 Å². The van der Waals surface area contributed by atoms with E-state index in [1.807, 2.05) is 11.8 Å². The molecule has 1 saturated heterocycles. The zero-order valence-corrected chi connectivity index (χ0v) is 6.34. The Morgan fingerprint density at radius 3 is 2.80 bits per heavy atom. The Balaban J connectivity index is 2.49. The lowest BCUT2D eigenvalue weighted by atomic mass is 10.1. The molecule has 0 radical (unpaired) electrons. The van der Waals surface area contributed by atoms with E-state index in [0.29, 0.717) is 6.54 Å². The molecule has 0 bridgehead atoms. The van der Waals surface area contributed by atoms with Gasteiger partial charge in [0.1, 0.15) is 0 Å². The summed E-state index contributed by atoms with van der Waals surface area (Å²) in [7, 11) is 0. The summed E-state index contributed by atoms with van der Waals surface area (Å²) in [5, 5.41) is 0. The van der Waals surface area contributed by atoms with Crippen molar-refractivity contribution in [2.45, 2.75) is 13.3 Å². The number of hydrogen-bond acceptors (Lipinski definition) is 2. The molecule has 0 unspecified atom stereocenters. The average molecular weight is 142 g/mol. The third-order valence-electron chi connectivity index (χ3n) is 2.07. The van der Waals surface area contributed by atoms with Crippen molar-refractivity contribution in [2.75, 3.05) is 19.6 Å². The predicted octanol–water partition coefficient (Wildman–Crippen LogP) is -0.186. The van der Waals surface area contributed by atoms with Gasteiger partial charge in [0.15, 0.2) is 0 Å². The molecule has 1 fully saturated rings. The van der Waals surface area contributed by atoms with Crippen molar-refractivity contribution in [2.24, 2.45) is 11.7 Å². The van der Waals surface area contributed by atoms with E-state index >= 15 is 0 Å². The van der Waals surface area contributed by atoms with E-state index in [9.17, 15) is 4.79 Å². The van der Waals surface area contributed by atoms with Crippen molar-refractivity contribution in [3.63, 3.8) is 0 Å². The van der Waals surface area contributed by atoms with E-state index in [-0.39, 0.29) is 11.8 Å². The van der Waals surface area contributed by atoms with Crippen molar-refractivity contribution in [3.8, 4) is 0 Å². The fraction of sp³-hybridized carbons (Fsp3) is 0.857. The smallest absolute Gasteiger partial charge is 0.227 e. The van der Waals surface area contributed by atoms with Gasteiger partial charge < -0.3 is 10.6 Å². The first-order chi connectivity index (χ1) is 4.79. The molecule has 1 aliphatic heterocycles. The van der Waals surface area contributed by atoms with E-state index in [1.54, 1.807) is 0 Å². The SMILES string of the molecule is CCN1CC[C@@H](CN)C1=O. The Hall–Kier alpha value is -0.570. The monoisotopic (exact) mass is 142 g/mol. The van der Waals surface area contributed by atoms with Gasteiger partial charge in [-0.05, 0) is 13.3 Å². The molecular weight excluding hydrogens is 128 g/mol. The highest BCUT2D eigenvalue weighted by molar-refractivity contribution is 5.80. The summed E-state index contributed by atoms with van der Waals surface area (Å²) in [6.07, 6.45) is 0.948. The highest BCUT2D eigenvalue weighted by Crippen LogP contribution is 2.15. The van der Waals surface area contributed by atoms with Gasteiger partial charge in [0, 0.05) is 19.6 Å². The maximum absolute atomic E-state index is 11.2. The van der Waals surface area contributed by atoms with Crippen LogP contribution in [0, 0.1) is 5.92 Å². The first-order valence-electron chi connectivity index (χ1n) is 3.78. The third-order valence-corrected chi connectivity index (χ3v) is 2.07. The maximum Gasteiger partial charge on any atom is 0.227 e. The summed E-state index contributed by atoms with van der Waals surface area (Å²) in [5.41, 5.74) is 5.39. The number of amides is 1. The van der Waals surface area contributed by atoms with Crippen molar-refractivity contribution in [3.05, 3.63) is 0 Å². The van der Waals surface area contributed by atoms with Crippen LogP contribution in [0.3, 0.4) is 0 Å². The standard InChI is InChI=1S/C7H14N2O/c1-2-9-4-3-6(5-8)7(9)10/h6H,2-5,8H2,1H3/t6-/m0/s1. The van der Waals surface area contributed by atoms with Gasteiger partial charge in [-0.15, -0.1) is 0 Å². The number of carbonyl (C=O) groups is 1. The van der Waals surface area contributed by atoms with Crippen LogP contribution in [-0.2, 0) is 4.79 Å². The zero-order chi connectivity index (χ0) is 7.56. The molecule has 1 heterocycles. The summed E-state index contributed by atoms with van der Waals surface area (Å²) in [4.78, 5) is 13.1. The molecule has 58 valence electrons. The molecule has 0 saturated carbocycles. The molecule has 10 heavy (non-hydrogen) atoms. The Bertz CT molecular complexity index is 122. The fourth-order valence-corrected chi connectivity index (χ4v) is 1.34. The Morgan fingerprint density at radius 2 is 2.50 bits per heavy atom. The number of nitrogens with two attached hydrogens (primary N) is 1. The van der Waals surface area contributed by atoms with Crippen molar-refractivity contribution < 1.29 is 4.79 Å². The van der Waals surface area contributed by atoms with Crippen LogP contribution in [-0.4, -0.2) is 30.4 Å². The lowest BCUT2D eigenvalue weighted by molar-refractivity contribution is -0.130. The predicted molar refractivity (Wildman–Crippen MR) is 39.4 cm³/mol. The van der Waals surface area contributed by atoms with Gasteiger partial charge in [0.2, 0.25) is 5.91 Å². The van der Waals surface area contributed by atoms with Gasteiger partial charge in [-0.25, -0.2) is 0 Å². The average Bonchev–Trinajstić information content (AvgIpc) is 2.30. The van der Waals surface area contributed by atoms with Gasteiger partial charge in [0.05, 0.1) is 5.92 Å². The van der Waals surface area contributed by atoms with Crippen LogP contribution < -0.4 is 5.73 Å². The molecule has 0 spiro atoms. The van der Waals surface area contributed by atoms with Crippen LogP contribution in [0.5, 0.6) is 0 Å². The highest BCUT2D eigenvalue weighted by Gasteiger charge is 2.28. The van der Waals surface area contributed by atoms with Crippen LogP contribution in [0.25, 0.3) is 0 Å². The molecule has 2 N–H and O–H groups in total. The summed E-state index contributed by atoms with van der Waals surface area (Å²) in [5.74, 6) is 0.352. The minimum atomic E-state index is 0.111. The zero-order valence-electron chi connectivity index (χ0n) is 6.34. The fourth-order valence-electron chi connectivity index (χ4n) is 1.34. The molecule has 1 atom stereocenters.